The zero-order valence-corrected chi connectivity index (χ0v) is 16.3. The minimum atomic E-state index is -0.228. The Morgan fingerprint density at radius 1 is 0.926 bits per heavy atom. The number of hydrogen-bond acceptors (Lipinski definition) is 3. The molecule has 142 valence electrons. The van der Waals surface area contributed by atoms with Crippen molar-refractivity contribution >= 4 is 46.4 Å². The number of nitrogens with zero attached hydrogens (tertiary/aromatic N) is 1. The van der Waals surface area contributed by atoms with Crippen molar-refractivity contribution in [3.8, 4) is 0 Å². The molecule has 0 aromatic heterocycles. The van der Waals surface area contributed by atoms with E-state index >= 15 is 0 Å². The maximum atomic E-state index is 12.6. The van der Waals surface area contributed by atoms with Gasteiger partial charge < -0.3 is 15.5 Å². The molecular weight excluding hydrogens is 385 g/mol. The smallest absolute Gasteiger partial charge is 0.253 e. The highest BCUT2D eigenvalue weighted by Crippen LogP contribution is 2.22. The van der Waals surface area contributed by atoms with E-state index in [1.165, 1.54) is 6.42 Å². The van der Waals surface area contributed by atoms with E-state index in [9.17, 15) is 9.59 Å². The highest BCUT2D eigenvalue weighted by molar-refractivity contribution is 6.35. The minimum absolute atomic E-state index is 0.0116. The molecule has 0 unspecified atom stereocenters. The van der Waals surface area contributed by atoms with Crippen LogP contribution in [0.2, 0.25) is 10.0 Å². The Hall–Kier alpha value is -2.24. The Bertz CT molecular complexity index is 815. The van der Waals surface area contributed by atoms with Gasteiger partial charge in [0.1, 0.15) is 0 Å². The lowest BCUT2D eigenvalue weighted by Crippen LogP contribution is -2.35. The number of likely N-dealkylation sites (tertiary alicyclic amines) is 1. The van der Waals surface area contributed by atoms with Crippen LogP contribution in [0.1, 0.15) is 29.6 Å². The highest BCUT2D eigenvalue weighted by Gasteiger charge is 2.18. The second-order valence-corrected chi connectivity index (χ2v) is 7.37. The van der Waals surface area contributed by atoms with Gasteiger partial charge in [0.2, 0.25) is 5.91 Å². The van der Waals surface area contributed by atoms with Gasteiger partial charge in [-0.25, -0.2) is 0 Å². The summed E-state index contributed by atoms with van der Waals surface area (Å²) in [5.41, 5.74) is 1.84. The number of anilines is 2. The number of piperidine rings is 1. The SMILES string of the molecule is O=C(CNc1cc(Cl)cc(Cl)c1)Nc1cccc(C(=O)N2CCCCC2)c1. The molecular formula is C20H21Cl2N3O2. The molecule has 0 saturated carbocycles. The van der Waals surface area contributed by atoms with E-state index in [4.69, 9.17) is 23.2 Å². The summed E-state index contributed by atoms with van der Waals surface area (Å²) >= 11 is 11.9. The van der Waals surface area contributed by atoms with Gasteiger partial charge in [-0.1, -0.05) is 29.3 Å². The average Bonchev–Trinajstić information content (AvgIpc) is 2.66. The largest absolute Gasteiger partial charge is 0.376 e. The van der Waals surface area contributed by atoms with Gasteiger partial charge >= 0.3 is 0 Å². The summed E-state index contributed by atoms with van der Waals surface area (Å²) < 4.78 is 0. The van der Waals surface area contributed by atoms with Gasteiger partial charge in [-0.2, -0.15) is 0 Å². The Kier molecular flexibility index (Phi) is 6.58. The first kappa shape index (κ1) is 19.5. The molecule has 0 radical (unpaired) electrons. The molecule has 2 aromatic carbocycles. The lowest BCUT2D eigenvalue weighted by Gasteiger charge is -2.26. The third-order valence-electron chi connectivity index (χ3n) is 4.35. The van der Waals surface area contributed by atoms with E-state index in [1.807, 2.05) is 4.90 Å². The van der Waals surface area contributed by atoms with Crippen molar-refractivity contribution in [3.05, 3.63) is 58.1 Å². The monoisotopic (exact) mass is 405 g/mol. The lowest BCUT2D eigenvalue weighted by molar-refractivity contribution is -0.114. The molecule has 2 N–H and O–H groups in total. The summed E-state index contributed by atoms with van der Waals surface area (Å²) in [5, 5.41) is 6.77. The lowest BCUT2D eigenvalue weighted by atomic mass is 10.1. The normalized spacial score (nSPS) is 13.9. The molecule has 0 atom stereocenters. The fourth-order valence-electron chi connectivity index (χ4n) is 3.05. The van der Waals surface area contributed by atoms with Crippen LogP contribution in [0.3, 0.4) is 0 Å². The van der Waals surface area contributed by atoms with Gasteiger partial charge in [-0.15, -0.1) is 0 Å². The summed E-state index contributed by atoms with van der Waals surface area (Å²) in [4.78, 5) is 26.7. The zero-order chi connectivity index (χ0) is 19.2. The average molecular weight is 406 g/mol. The fraction of sp³-hybridized carbons (Fsp3) is 0.300. The molecule has 1 saturated heterocycles. The number of halogens is 2. The van der Waals surface area contributed by atoms with Gasteiger partial charge in [-0.05, 0) is 55.7 Å². The van der Waals surface area contributed by atoms with Gasteiger partial charge in [-0.3, -0.25) is 9.59 Å². The first-order valence-electron chi connectivity index (χ1n) is 8.90. The molecule has 27 heavy (non-hydrogen) atoms. The van der Waals surface area contributed by atoms with Gasteiger partial charge in [0.25, 0.3) is 5.91 Å². The molecule has 1 aliphatic rings. The summed E-state index contributed by atoms with van der Waals surface area (Å²) in [5.74, 6) is -0.217. The fourth-order valence-corrected chi connectivity index (χ4v) is 3.58. The molecule has 0 bridgehead atoms. The van der Waals surface area contributed by atoms with Crippen LogP contribution in [0.15, 0.2) is 42.5 Å². The van der Waals surface area contributed by atoms with Crippen LogP contribution < -0.4 is 10.6 Å². The Morgan fingerprint density at radius 2 is 1.63 bits per heavy atom. The van der Waals surface area contributed by atoms with Gasteiger partial charge in [0.15, 0.2) is 0 Å². The molecule has 3 rings (SSSR count). The highest BCUT2D eigenvalue weighted by atomic mass is 35.5. The van der Waals surface area contributed by atoms with E-state index in [2.05, 4.69) is 10.6 Å². The van der Waals surface area contributed by atoms with Crippen LogP contribution in [0.5, 0.6) is 0 Å². The van der Waals surface area contributed by atoms with Crippen LogP contribution in [-0.2, 0) is 4.79 Å². The standard InChI is InChI=1S/C20H21Cl2N3O2/c21-15-10-16(22)12-18(11-15)23-13-19(26)24-17-6-4-5-14(9-17)20(27)25-7-2-1-3-8-25/h4-6,9-12,23H,1-3,7-8,13H2,(H,24,26). The van der Waals surface area contributed by atoms with Crippen molar-refractivity contribution < 1.29 is 9.59 Å². The van der Waals surface area contributed by atoms with Crippen LogP contribution >= 0.6 is 23.2 Å². The van der Waals surface area contributed by atoms with E-state index in [1.54, 1.807) is 42.5 Å². The molecule has 1 heterocycles. The van der Waals surface area contributed by atoms with E-state index in [0.29, 0.717) is 27.0 Å². The zero-order valence-electron chi connectivity index (χ0n) is 14.8. The van der Waals surface area contributed by atoms with Crippen molar-refractivity contribution in [1.29, 1.82) is 0 Å². The Morgan fingerprint density at radius 3 is 2.33 bits per heavy atom. The first-order chi connectivity index (χ1) is 13.0. The third-order valence-corrected chi connectivity index (χ3v) is 4.79. The molecule has 1 fully saturated rings. The van der Waals surface area contributed by atoms with Crippen LogP contribution in [-0.4, -0.2) is 36.3 Å². The summed E-state index contributed by atoms with van der Waals surface area (Å²) in [6.45, 7) is 1.64. The van der Waals surface area contributed by atoms with Crippen molar-refractivity contribution in [2.75, 3.05) is 30.3 Å². The number of amides is 2. The minimum Gasteiger partial charge on any atom is -0.376 e. The topological polar surface area (TPSA) is 61.4 Å². The van der Waals surface area contributed by atoms with Crippen molar-refractivity contribution in [2.45, 2.75) is 19.3 Å². The van der Waals surface area contributed by atoms with Gasteiger partial charge in [0.05, 0.1) is 6.54 Å². The van der Waals surface area contributed by atoms with Crippen LogP contribution in [0, 0.1) is 0 Å². The van der Waals surface area contributed by atoms with E-state index < -0.39 is 0 Å². The number of rotatable bonds is 5. The van der Waals surface area contributed by atoms with E-state index in [0.717, 1.165) is 25.9 Å². The van der Waals surface area contributed by atoms with Gasteiger partial charge in [0, 0.05) is 40.1 Å². The second kappa shape index (κ2) is 9.11. The van der Waals surface area contributed by atoms with Crippen molar-refractivity contribution in [2.24, 2.45) is 0 Å². The first-order valence-corrected chi connectivity index (χ1v) is 9.66. The molecule has 2 aromatic rings. The molecule has 5 nitrogen and oxygen atoms in total. The van der Waals surface area contributed by atoms with E-state index in [-0.39, 0.29) is 18.4 Å². The number of hydrogen-bond donors (Lipinski definition) is 2. The summed E-state index contributed by atoms with van der Waals surface area (Å²) in [7, 11) is 0. The molecule has 7 heteroatoms. The summed E-state index contributed by atoms with van der Waals surface area (Å²) in [6, 6.07) is 12.0. The number of benzene rings is 2. The third kappa shape index (κ3) is 5.62. The predicted molar refractivity (Wildman–Crippen MR) is 110 cm³/mol. The molecule has 0 aliphatic carbocycles. The molecule has 0 spiro atoms. The number of carbonyl (C=O) groups is 2. The number of nitrogens with one attached hydrogen (secondary N) is 2. The predicted octanol–water partition coefficient (Wildman–Crippen LogP) is 4.67. The second-order valence-electron chi connectivity index (χ2n) is 6.49. The Labute approximate surface area is 168 Å². The maximum Gasteiger partial charge on any atom is 0.253 e. The summed E-state index contributed by atoms with van der Waals surface area (Å²) in [6.07, 6.45) is 3.26. The Balaban J connectivity index is 1.58. The molecule has 2 amide bonds. The quantitative estimate of drug-likeness (QED) is 0.759. The van der Waals surface area contributed by atoms with Crippen molar-refractivity contribution in [3.63, 3.8) is 0 Å². The van der Waals surface area contributed by atoms with Crippen molar-refractivity contribution in [1.82, 2.24) is 4.90 Å². The van der Waals surface area contributed by atoms with Crippen LogP contribution in [0.25, 0.3) is 0 Å². The molecule has 1 aliphatic heterocycles. The maximum absolute atomic E-state index is 12.6. The number of carbonyl (C=O) groups excluding carboxylic acids is 2. The van der Waals surface area contributed by atoms with Crippen LogP contribution in [0.4, 0.5) is 11.4 Å².